The molecule has 3 heterocycles. The molecule has 1 aliphatic heterocycles. The Bertz CT molecular complexity index is 1010. The molecule has 0 aromatic carbocycles. The second-order valence-corrected chi connectivity index (χ2v) is 7.13. The maximum Gasteiger partial charge on any atom is 0.341 e. The maximum absolute atomic E-state index is 14.8. The molecule has 0 amide bonds. The van der Waals surface area contributed by atoms with E-state index in [4.69, 9.17) is 11.1 Å². The van der Waals surface area contributed by atoms with Crippen LogP contribution < -0.4 is 16.1 Å². The van der Waals surface area contributed by atoms with Crippen LogP contribution in [0.15, 0.2) is 17.1 Å². The fourth-order valence-electron chi connectivity index (χ4n) is 3.58. The lowest BCUT2D eigenvalue weighted by Gasteiger charge is -2.33. The third kappa shape index (κ3) is 2.97. The molecule has 8 nitrogen and oxygen atoms in total. The number of anilines is 1. The van der Waals surface area contributed by atoms with Crippen LogP contribution in [0.1, 0.15) is 35.7 Å². The van der Waals surface area contributed by atoms with Crippen molar-refractivity contribution in [2.45, 2.75) is 25.3 Å². The fraction of sp³-hybridized carbons (Fsp3) is 0.444. The van der Waals surface area contributed by atoms with Gasteiger partial charge in [-0.3, -0.25) is 4.79 Å². The summed E-state index contributed by atoms with van der Waals surface area (Å²) in [6, 6.07) is 1.16. The Kier molecular flexibility index (Phi) is 4.18. The average molecular weight is 373 g/mol. The number of carboxylic acid groups (broad SMARTS) is 1. The summed E-state index contributed by atoms with van der Waals surface area (Å²) in [7, 11) is 0. The summed E-state index contributed by atoms with van der Waals surface area (Å²) < 4.78 is 16.5. The average Bonchev–Trinajstić information content (AvgIpc) is 3.47. The first-order valence-electron chi connectivity index (χ1n) is 8.91. The molecule has 2 aliphatic rings. The van der Waals surface area contributed by atoms with Gasteiger partial charge in [-0.1, -0.05) is 0 Å². The Hall–Kier alpha value is -2.81. The van der Waals surface area contributed by atoms with Crippen LogP contribution in [-0.4, -0.2) is 46.0 Å². The zero-order chi connectivity index (χ0) is 19.3. The van der Waals surface area contributed by atoms with Crippen LogP contribution in [0.5, 0.6) is 0 Å². The van der Waals surface area contributed by atoms with Crippen molar-refractivity contribution in [1.82, 2.24) is 9.55 Å². The highest BCUT2D eigenvalue weighted by molar-refractivity contribution is 5.92. The molecule has 2 aromatic rings. The highest BCUT2D eigenvalue weighted by atomic mass is 19.1. The Labute approximate surface area is 153 Å². The number of nitrogens with one attached hydrogen (secondary N) is 1. The highest BCUT2D eigenvalue weighted by Crippen LogP contribution is 2.37. The highest BCUT2D eigenvalue weighted by Gasteiger charge is 2.30. The van der Waals surface area contributed by atoms with Crippen molar-refractivity contribution in [3.8, 4) is 0 Å². The summed E-state index contributed by atoms with van der Waals surface area (Å²) in [5, 5.41) is 17.2. The van der Waals surface area contributed by atoms with Crippen LogP contribution in [0.3, 0.4) is 0 Å². The standard InChI is InChI=1S/C18H20FN5O3/c19-13-5-11-15(25)12(18(26)27)8-24(10-1-2-10)16(11)22-17(13)23-4-3-14(21)9(6-20)7-23/h5,8-10,21H,1-4,6-7,20H2,(H,26,27). The van der Waals surface area contributed by atoms with Crippen molar-refractivity contribution >= 4 is 28.5 Å². The zero-order valence-electron chi connectivity index (χ0n) is 14.6. The molecule has 1 saturated carbocycles. The van der Waals surface area contributed by atoms with E-state index < -0.39 is 17.2 Å². The summed E-state index contributed by atoms with van der Waals surface area (Å²) in [6.07, 6.45) is 3.52. The third-order valence-corrected chi connectivity index (χ3v) is 5.28. The molecule has 1 atom stereocenters. The number of hydrogen-bond acceptors (Lipinski definition) is 6. The molecular weight excluding hydrogens is 353 g/mol. The second-order valence-electron chi connectivity index (χ2n) is 7.13. The number of nitrogens with two attached hydrogens (primary N) is 1. The van der Waals surface area contributed by atoms with Crippen LogP contribution >= 0.6 is 0 Å². The van der Waals surface area contributed by atoms with E-state index in [0.29, 0.717) is 37.4 Å². The van der Waals surface area contributed by atoms with Crippen molar-refractivity contribution in [2.24, 2.45) is 11.7 Å². The van der Waals surface area contributed by atoms with E-state index in [9.17, 15) is 19.1 Å². The Morgan fingerprint density at radius 2 is 2.19 bits per heavy atom. The molecule has 0 radical (unpaired) electrons. The van der Waals surface area contributed by atoms with Gasteiger partial charge in [-0.25, -0.2) is 14.2 Å². The van der Waals surface area contributed by atoms with Crippen LogP contribution in [0, 0.1) is 17.1 Å². The molecule has 0 spiro atoms. The van der Waals surface area contributed by atoms with Gasteiger partial charge in [-0.05, 0) is 18.9 Å². The number of hydrogen-bond donors (Lipinski definition) is 3. The van der Waals surface area contributed by atoms with E-state index in [0.717, 1.165) is 18.9 Å². The van der Waals surface area contributed by atoms with Crippen LogP contribution in [-0.2, 0) is 0 Å². The minimum absolute atomic E-state index is 0.0248. The topological polar surface area (TPSA) is 125 Å². The molecule has 27 heavy (non-hydrogen) atoms. The van der Waals surface area contributed by atoms with Gasteiger partial charge >= 0.3 is 5.97 Å². The summed E-state index contributed by atoms with van der Waals surface area (Å²) in [4.78, 5) is 30.1. The van der Waals surface area contributed by atoms with E-state index >= 15 is 0 Å². The van der Waals surface area contributed by atoms with Gasteiger partial charge in [0.25, 0.3) is 0 Å². The molecule has 1 aliphatic carbocycles. The first-order chi connectivity index (χ1) is 12.9. The van der Waals surface area contributed by atoms with Crippen LogP contribution in [0.25, 0.3) is 11.0 Å². The van der Waals surface area contributed by atoms with Crippen molar-refractivity contribution < 1.29 is 14.3 Å². The minimum atomic E-state index is -1.33. The van der Waals surface area contributed by atoms with Gasteiger partial charge in [0, 0.05) is 49.9 Å². The molecular formula is C18H20FN5O3. The van der Waals surface area contributed by atoms with Gasteiger partial charge in [-0.2, -0.15) is 0 Å². The summed E-state index contributed by atoms with van der Waals surface area (Å²) in [5.74, 6) is -2.05. The predicted octanol–water partition coefficient (Wildman–Crippen LogP) is 1.37. The normalized spacial score (nSPS) is 20.3. The molecule has 2 aromatic heterocycles. The number of rotatable bonds is 4. The molecule has 1 unspecified atom stereocenters. The first-order valence-corrected chi connectivity index (χ1v) is 8.91. The van der Waals surface area contributed by atoms with Crippen molar-refractivity contribution in [3.63, 3.8) is 0 Å². The van der Waals surface area contributed by atoms with E-state index in [1.54, 1.807) is 9.47 Å². The molecule has 2 fully saturated rings. The Balaban J connectivity index is 1.87. The lowest BCUT2D eigenvalue weighted by molar-refractivity contribution is 0.0695. The molecule has 9 heteroatoms. The van der Waals surface area contributed by atoms with Gasteiger partial charge in [-0.15, -0.1) is 0 Å². The third-order valence-electron chi connectivity index (χ3n) is 5.28. The van der Waals surface area contributed by atoms with Crippen LogP contribution in [0.4, 0.5) is 10.2 Å². The van der Waals surface area contributed by atoms with Gasteiger partial charge < -0.3 is 25.7 Å². The zero-order valence-corrected chi connectivity index (χ0v) is 14.6. The number of halogens is 1. The predicted molar refractivity (Wildman–Crippen MR) is 98.3 cm³/mol. The number of aromatic nitrogens is 2. The number of fused-ring (bicyclic) bond motifs is 1. The van der Waals surface area contributed by atoms with Gasteiger partial charge in [0.2, 0.25) is 5.43 Å². The summed E-state index contributed by atoms with van der Waals surface area (Å²) >= 11 is 0. The maximum atomic E-state index is 14.8. The largest absolute Gasteiger partial charge is 0.477 e. The molecule has 142 valence electrons. The quantitative estimate of drug-likeness (QED) is 0.743. The number of aromatic carboxylic acids is 1. The number of carbonyl (C=O) groups is 1. The first kappa shape index (κ1) is 17.6. The second kappa shape index (κ2) is 6.41. The summed E-state index contributed by atoms with van der Waals surface area (Å²) in [6.45, 7) is 1.15. The smallest absolute Gasteiger partial charge is 0.341 e. The Morgan fingerprint density at radius 1 is 1.44 bits per heavy atom. The number of nitrogens with zero attached hydrogens (tertiary/aromatic N) is 3. The molecule has 0 bridgehead atoms. The van der Waals surface area contributed by atoms with Crippen molar-refractivity contribution in [1.29, 1.82) is 5.41 Å². The van der Waals surface area contributed by atoms with E-state index in [1.165, 1.54) is 6.20 Å². The van der Waals surface area contributed by atoms with Crippen molar-refractivity contribution in [2.75, 3.05) is 24.5 Å². The monoisotopic (exact) mass is 373 g/mol. The number of piperidine rings is 1. The fourth-order valence-corrected chi connectivity index (χ4v) is 3.58. The lowest BCUT2D eigenvalue weighted by atomic mass is 9.96. The molecule has 1 saturated heterocycles. The molecule has 4 N–H and O–H groups in total. The van der Waals surface area contributed by atoms with Gasteiger partial charge in [0.1, 0.15) is 11.2 Å². The van der Waals surface area contributed by atoms with Crippen LogP contribution in [0.2, 0.25) is 0 Å². The van der Waals surface area contributed by atoms with Gasteiger partial charge in [0.05, 0.1) is 5.39 Å². The van der Waals surface area contributed by atoms with Crippen molar-refractivity contribution in [3.05, 3.63) is 33.9 Å². The van der Waals surface area contributed by atoms with E-state index in [1.807, 2.05) is 0 Å². The Morgan fingerprint density at radius 3 is 2.81 bits per heavy atom. The number of carboxylic acids is 1. The van der Waals surface area contributed by atoms with E-state index in [2.05, 4.69) is 4.98 Å². The SMILES string of the molecule is N=C1CCN(c2nc3c(cc2F)c(=O)c(C(=O)O)cn3C2CC2)CC1CN. The molecule has 4 rings (SSSR count). The summed E-state index contributed by atoms with van der Waals surface area (Å²) in [5.41, 5.74) is 5.46. The minimum Gasteiger partial charge on any atom is -0.477 e. The van der Waals surface area contributed by atoms with Gasteiger partial charge in [0.15, 0.2) is 11.6 Å². The lowest BCUT2D eigenvalue weighted by Crippen LogP contribution is -2.44. The van der Waals surface area contributed by atoms with E-state index in [-0.39, 0.29) is 28.7 Å². The number of pyridine rings is 2.